The van der Waals surface area contributed by atoms with E-state index in [2.05, 4.69) is 132 Å². The fourth-order valence-electron chi connectivity index (χ4n) is 7.35. The van der Waals surface area contributed by atoms with Gasteiger partial charge in [0.2, 0.25) is 0 Å². The first-order valence-electron chi connectivity index (χ1n) is 15.4. The Morgan fingerprint density at radius 3 is 1.82 bits per heavy atom. The van der Waals surface area contributed by atoms with Gasteiger partial charge in [0.1, 0.15) is 11.2 Å². The topological polar surface area (TPSA) is 26.0 Å². The number of hydrogen-bond donors (Lipinski definition) is 0. The summed E-state index contributed by atoms with van der Waals surface area (Å²) in [5.74, 6) is 0. The SMILES string of the molecule is c1cnc2ccc(-c3ccc4ccc5c(-c6ccc(-c7cccc8c7oc7ccccc78)cc6)ccc6ccc3c4c65)cc2c1. The van der Waals surface area contributed by atoms with Crippen molar-refractivity contribution in [1.82, 2.24) is 4.98 Å². The lowest BCUT2D eigenvalue weighted by Gasteiger charge is -2.17. The highest BCUT2D eigenvalue weighted by molar-refractivity contribution is 6.27. The number of fused-ring (bicyclic) bond motifs is 4. The Hall–Kier alpha value is -5.99. The van der Waals surface area contributed by atoms with Gasteiger partial charge in [0, 0.05) is 27.9 Å². The van der Waals surface area contributed by atoms with Crippen LogP contribution in [0, 0.1) is 0 Å². The standard InChI is InChI=1S/C43H25NO/c1-2-9-40-35(6-1)38-8-3-7-34(43(38)45-40)27-12-10-26(11-13-27)32-19-14-28-17-22-37-33(20-15-29-16-21-36(32)41(28)42(29)37)30-18-23-39-31(25-30)5-4-24-44-39/h1-25H. The summed E-state index contributed by atoms with van der Waals surface area (Å²) >= 11 is 0. The van der Waals surface area contributed by atoms with Crippen molar-refractivity contribution in [3.05, 3.63) is 152 Å². The van der Waals surface area contributed by atoms with Gasteiger partial charge in [-0.2, -0.15) is 0 Å². The van der Waals surface area contributed by atoms with Gasteiger partial charge < -0.3 is 4.42 Å². The zero-order valence-corrected chi connectivity index (χ0v) is 24.3. The molecule has 0 atom stereocenters. The molecule has 2 heteroatoms. The smallest absolute Gasteiger partial charge is 0.143 e. The largest absolute Gasteiger partial charge is 0.455 e. The monoisotopic (exact) mass is 571 g/mol. The zero-order valence-electron chi connectivity index (χ0n) is 24.3. The normalized spacial score (nSPS) is 12.0. The van der Waals surface area contributed by atoms with Crippen LogP contribution in [0.15, 0.2) is 156 Å². The molecular weight excluding hydrogens is 546 g/mol. The second kappa shape index (κ2) is 9.25. The van der Waals surface area contributed by atoms with Gasteiger partial charge in [-0.15, -0.1) is 0 Å². The Bertz CT molecular complexity index is 2750. The minimum absolute atomic E-state index is 0.922. The van der Waals surface area contributed by atoms with E-state index >= 15 is 0 Å². The van der Waals surface area contributed by atoms with Crippen molar-refractivity contribution in [3.63, 3.8) is 0 Å². The van der Waals surface area contributed by atoms with Gasteiger partial charge in [0.15, 0.2) is 0 Å². The molecule has 8 aromatic carbocycles. The Kier molecular flexibility index (Phi) is 5.03. The molecule has 0 fully saturated rings. The van der Waals surface area contributed by atoms with Crippen molar-refractivity contribution in [3.8, 4) is 33.4 Å². The third-order valence-corrected chi connectivity index (χ3v) is 9.49. The van der Waals surface area contributed by atoms with Crippen LogP contribution in [-0.4, -0.2) is 4.98 Å². The van der Waals surface area contributed by atoms with Gasteiger partial charge in [-0.25, -0.2) is 0 Å². The van der Waals surface area contributed by atoms with E-state index in [0.29, 0.717) is 0 Å². The molecule has 10 aromatic rings. The van der Waals surface area contributed by atoms with E-state index < -0.39 is 0 Å². The molecule has 0 N–H and O–H groups in total. The summed E-state index contributed by atoms with van der Waals surface area (Å²) in [6, 6.07) is 52.6. The minimum Gasteiger partial charge on any atom is -0.455 e. The highest BCUT2D eigenvalue weighted by Crippen LogP contribution is 2.43. The van der Waals surface area contributed by atoms with E-state index in [1.807, 2.05) is 24.4 Å². The molecular formula is C43H25NO. The van der Waals surface area contributed by atoms with E-state index in [1.165, 1.54) is 54.6 Å². The fourth-order valence-corrected chi connectivity index (χ4v) is 7.35. The number of para-hydroxylation sites is 2. The predicted octanol–water partition coefficient (Wildman–Crippen LogP) is 12.0. The number of benzene rings is 8. The number of nitrogens with zero attached hydrogens (tertiary/aromatic N) is 1. The summed E-state index contributed by atoms with van der Waals surface area (Å²) in [5, 5.41) is 11.2. The maximum atomic E-state index is 6.34. The molecule has 45 heavy (non-hydrogen) atoms. The maximum Gasteiger partial charge on any atom is 0.143 e. The van der Waals surface area contributed by atoms with Crippen molar-refractivity contribution in [2.24, 2.45) is 0 Å². The lowest BCUT2D eigenvalue weighted by atomic mass is 9.87. The lowest BCUT2D eigenvalue weighted by Crippen LogP contribution is -1.90. The number of aromatic nitrogens is 1. The Morgan fingerprint density at radius 1 is 0.400 bits per heavy atom. The van der Waals surface area contributed by atoms with Gasteiger partial charge in [-0.05, 0) is 84.4 Å². The van der Waals surface area contributed by atoms with E-state index in [1.54, 1.807) is 0 Å². The quantitative estimate of drug-likeness (QED) is 0.197. The van der Waals surface area contributed by atoms with Crippen LogP contribution in [0.4, 0.5) is 0 Å². The average molecular weight is 572 g/mol. The van der Waals surface area contributed by atoms with E-state index in [4.69, 9.17) is 4.42 Å². The molecule has 0 radical (unpaired) electrons. The van der Waals surface area contributed by atoms with Gasteiger partial charge in [-0.3, -0.25) is 4.98 Å². The molecule has 2 nitrogen and oxygen atoms in total. The van der Waals surface area contributed by atoms with Crippen molar-refractivity contribution < 1.29 is 4.42 Å². The van der Waals surface area contributed by atoms with Crippen LogP contribution in [0.2, 0.25) is 0 Å². The number of hydrogen-bond acceptors (Lipinski definition) is 2. The second-order valence-electron chi connectivity index (χ2n) is 11.9. The van der Waals surface area contributed by atoms with Crippen LogP contribution in [-0.2, 0) is 0 Å². The summed E-state index contributed by atoms with van der Waals surface area (Å²) in [6.07, 6.45) is 1.85. The van der Waals surface area contributed by atoms with Crippen LogP contribution in [0.3, 0.4) is 0 Å². The summed E-state index contributed by atoms with van der Waals surface area (Å²) in [6.45, 7) is 0. The Labute approximate surface area is 259 Å². The Morgan fingerprint density at radius 2 is 1.04 bits per heavy atom. The highest BCUT2D eigenvalue weighted by Gasteiger charge is 2.16. The summed E-state index contributed by atoms with van der Waals surface area (Å²) in [5.41, 5.74) is 10.0. The van der Waals surface area contributed by atoms with Gasteiger partial charge in [0.25, 0.3) is 0 Å². The van der Waals surface area contributed by atoms with Crippen molar-refractivity contribution in [2.75, 3.05) is 0 Å². The average Bonchev–Trinajstić information content (AvgIpc) is 3.49. The van der Waals surface area contributed by atoms with Crippen molar-refractivity contribution in [2.45, 2.75) is 0 Å². The van der Waals surface area contributed by atoms with Crippen LogP contribution in [0.25, 0.3) is 98.5 Å². The molecule has 0 bridgehead atoms. The molecule has 10 rings (SSSR count). The molecule has 0 saturated heterocycles. The Balaban J connectivity index is 1.13. The summed E-state index contributed by atoms with van der Waals surface area (Å²) in [4.78, 5) is 4.52. The molecule has 0 unspecified atom stereocenters. The van der Waals surface area contributed by atoms with Crippen molar-refractivity contribution in [1.29, 1.82) is 0 Å². The number of furan rings is 1. The predicted molar refractivity (Wildman–Crippen MR) is 189 cm³/mol. The number of rotatable bonds is 3. The van der Waals surface area contributed by atoms with Crippen LogP contribution < -0.4 is 0 Å². The third kappa shape index (κ3) is 3.60. The van der Waals surface area contributed by atoms with Crippen LogP contribution in [0.1, 0.15) is 0 Å². The van der Waals surface area contributed by atoms with E-state index in [9.17, 15) is 0 Å². The first-order chi connectivity index (χ1) is 22.3. The molecule has 2 aromatic heterocycles. The fraction of sp³-hybridized carbons (Fsp3) is 0. The van der Waals surface area contributed by atoms with E-state index in [0.717, 1.165) is 44.0 Å². The summed E-state index contributed by atoms with van der Waals surface area (Å²) in [7, 11) is 0. The second-order valence-corrected chi connectivity index (χ2v) is 11.9. The maximum absolute atomic E-state index is 6.34. The van der Waals surface area contributed by atoms with Crippen LogP contribution >= 0.6 is 0 Å². The molecule has 0 aliphatic carbocycles. The minimum atomic E-state index is 0.922. The molecule has 208 valence electrons. The molecule has 0 spiro atoms. The molecule has 2 heterocycles. The molecule has 0 amide bonds. The first-order valence-corrected chi connectivity index (χ1v) is 15.4. The first kappa shape index (κ1) is 24.5. The molecule has 0 saturated carbocycles. The van der Waals surface area contributed by atoms with E-state index in [-0.39, 0.29) is 0 Å². The van der Waals surface area contributed by atoms with Crippen LogP contribution in [0.5, 0.6) is 0 Å². The summed E-state index contributed by atoms with van der Waals surface area (Å²) < 4.78 is 6.34. The third-order valence-electron chi connectivity index (χ3n) is 9.49. The van der Waals surface area contributed by atoms with Gasteiger partial charge >= 0.3 is 0 Å². The zero-order chi connectivity index (χ0) is 29.5. The van der Waals surface area contributed by atoms with Gasteiger partial charge in [0.05, 0.1) is 5.52 Å². The highest BCUT2D eigenvalue weighted by atomic mass is 16.3. The number of pyridine rings is 1. The van der Waals surface area contributed by atoms with Crippen molar-refractivity contribution >= 4 is 65.2 Å². The van der Waals surface area contributed by atoms with Gasteiger partial charge in [-0.1, -0.05) is 121 Å². The lowest BCUT2D eigenvalue weighted by molar-refractivity contribution is 0.670. The molecule has 0 aliphatic rings. The molecule has 0 aliphatic heterocycles.